The zero-order chi connectivity index (χ0) is 13.5. The van der Waals surface area contributed by atoms with E-state index in [0.717, 1.165) is 11.5 Å². The molecule has 0 saturated carbocycles. The van der Waals surface area contributed by atoms with Gasteiger partial charge in [-0.05, 0) is 17.7 Å². The normalized spacial score (nSPS) is 19.6. The Morgan fingerprint density at radius 2 is 2.05 bits per heavy atom. The molecule has 0 saturated heterocycles. The number of allylic oxidation sites excluding steroid dienone is 1. The molecule has 1 aliphatic rings. The molecule has 0 aromatic heterocycles. The number of guanidine groups is 1. The fourth-order valence-electron chi connectivity index (χ4n) is 1.50. The topological polar surface area (TPSA) is 89.1 Å². The molecule has 1 aromatic rings. The van der Waals surface area contributed by atoms with E-state index in [9.17, 15) is 0 Å². The Hall–Kier alpha value is -2.08. The first kappa shape index (κ1) is 13.4. The second-order valence-electron chi connectivity index (χ2n) is 3.86. The summed E-state index contributed by atoms with van der Waals surface area (Å²) in [6.45, 7) is 0. The van der Waals surface area contributed by atoms with Crippen LogP contribution in [0.5, 0.6) is 0 Å². The molecule has 1 aromatic carbocycles. The van der Waals surface area contributed by atoms with Gasteiger partial charge in [0.15, 0.2) is 0 Å². The first-order valence-electron chi connectivity index (χ1n) is 5.77. The Kier molecular flexibility index (Phi) is 4.74. The molecular formula is C13H15N5S. The number of hydrogen-bond acceptors (Lipinski definition) is 4. The Morgan fingerprint density at radius 3 is 2.79 bits per heavy atom. The summed E-state index contributed by atoms with van der Waals surface area (Å²) >= 11 is 1.68. The fourth-order valence-corrected chi connectivity index (χ4v) is 2.50. The quantitative estimate of drug-likeness (QED) is 0.495. The Bertz CT molecular complexity index is 529. The Morgan fingerprint density at radius 1 is 1.26 bits per heavy atom. The van der Waals surface area contributed by atoms with Gasteiger partial charge < -0.3 is 11.5 Å². The maximum atomic E-state index is 5.27. The molecule has 0 radical (unpaired) electrons. The molecule has 19 heavy (non-hydrogen) atoms. The number of nitrogens with zero attached hydrogens (tertiary/aromatic N) is 3. The van der Waals surface area contributed by atoms with Gasteiger partial charge in [-0.3, -0.25) is 4.99 Å². The van der Waals surface area contributed by atoms with Gasteiger partial charge in [0.1, 0.15) is 5.37 Å². The highest BCUT2D eigenvalue weighted by molar-refractivity contribution is 7.99. The van der Waals surface area contributed by atoms with E-state index in [1.54, 1.807) is 18.0 Å². The van der Waals surface area contributed by atoms with Crippen molar-refractivity contribution < 1.29 is 0 Å². The lowest BCUT2D eigenvalue weighted by Gasteiger charge is -2.13. The first-order valence-corrected chi connectivity index (χ1v) is 6.82. The second kappa shape index (κ2) is 6.75. The molecule has 0 amide bonds. The van der Waals surface area contributed by atoms with Gasteiger partial charge in [-0.2, -0.15) is 0 Å². The van der Waals surface area contributed by atoms with Gasteiger partial charge in [0, 0.05) is 12.0 Å². The second-order valence-corrected chi connectivity index (χ2v) is 4.92. The Balaban J connectivity index is 2.01. The molecule has 98 valence electrons. The summed E-state index contributed by atoms with van der Waals surface area (Å²) in [5.41, 5.74) is 12.5. The lowest BCUT2D eigenvalue weighted by Crippen LogP contribution is -2.23. The van der Waals surface area contributed by atoms with Crippen LogP contribution in [0.25, 0.3) is 0 Å². The molecule has 1 aliphatic heterocycles. The van der Waals surface area contributed by atoms with E-state index < -0.39 is 0 Å². The molecule has 1 atom stereocenters. The van der Waals surface area contributed by atoms with E-state index in [1.807, 2.05) is 30.4 Å². The molecule has 1 heterocycles. The van der Waals surface area contributed by atoms with Crippen LogP contribution >= 0.6 is 11.8 Å². The van der Waals surface area contributed by atoms with Gasteiger partial charge in [0.05, 0.1) is 5.71 Å². The molecule has 0 bridgehead atoms. The molecule has 0 fully saturated rings. The van der Waals surface area contributed by atoms with E-state index in [0.29, 0.717) is 0 Å². The zero-order valence-corrected chi connectivity index (χ0v) is 11.1. The maximum Gasteiger partial charge on any atom is 0.211 e. The van der Waals surface area contributed by atoms with E-state index in [4.69, 9.17) is 11.5 Å². The number of rotatable bonds is 4. The van der Waals surface area contributed by atoms with Gasteiger partial charge >= 0.3 is 0 Å². The van der Waals surface area contributed by atoms with E-state index in [2.05, 4.69) is 27.3 Å². The summed E-state index contributed by atoms with van der Waals surface area (Å²) in [5, 5.41) is 7.61. The fraction of sp³-hybridized carbons (Fsp3) is 0.154. The minimum Gasteiger partial charge on any atom is -0.369 e. The van der Waals surface area contributed by atoms with Gasteiger partial charge in [-0.15, -0.1) is 22.0 Å². The summed E-state index contributed by atoms with van der Waals surface area (Å²) in [5.74, 6) is 0.805. The molecule has 1 unspecified atom stereocenters. The summed E-state index contributed by atoms with van der Waals surface area (Å²) in [4.78, 5) is 4.37. The van der Waals surface area contributed by atoms with Crippen LogP contribution in [-0.2, 0) is 5.75 Å². The van der Waals surface area contributed by atoms with Crippen molar-refractivity contribution >= 4 is 29.6 Å². The van der Waals surface area contributed by atoms with Crippen LogP contribution in [0.2, 0.25) is 0 Å². The molecule has 0 spiro atoms. The van der Waals surface area contributed by atoms with Gasteiger partial charge in [-0.1, -0.05) is 30.3 Å². The van der Waals surface area contributed by atoms with Crippen molar-refractivity contribution in [3.63, 3.8) is 0 Å². The predicted molar refractivity (Wildman–Crippen MR) is 82.4 cm³/mol. The molecule has 6 heteroatoms. The van der Waals surface area contributed by atoms with Crippen LogP contribution in [0.3, 0.4) is 0 Å². The van der Waals surface area contributed by atoms with Gasteiger partial charge in [-0.25, -0.2) is 0 Å². The van der Waals surface area contributed by atoms with Gasteiger partial charge in [0.25, 0.3) is 0 Å². The van der Waals surface area contributed by atoms with Crippen LogP contribution < -0.4 is 11.5 Å². The third kappa shape index (κ3) is 4.26. The lowest BCUT2D eigenvalue weighted by atomic mass is 10.2. The standard InChI is InChI=1S/C13H15N5S/c14-13(15)18-17-11-7-4-8-16-12(11)19-9-10-5-2-1-3-6-10/h1-8,12H,9H2,(H4,14,15,18). The molecule has 0 aliphatic carbocycles. The molecule has 5 nitrogen and oxygen atoms in total. The van der Waals surface area contributed by atoms with Crippen molar-refractivity contribution in [3.8, 4) is 0 Å². The number of aliphatic imine (C=N–C) groups is 1. The van der Waals surface area contributed by atoms with Crippen molar-refractivity contribution in [1.82, 2.24) is 0 Å². The minimum absolute atomic E-state index is 0.0535. The lowest BCUT2D eigenvalue weighted by molar-refractivity contribution is 1.13. The zero-order valence-electron chi connectivity index (χ0n) is 10.3. The third-order valence-corrected chi connectivity index (χ3v) is 3.54. The summed E-state index contributed by atoms with van der Waals surface area (Å²) < 4.78 is 0. The van der Waals surface area contributed by atoms with Crippen LogP contribution in [-0.4, -0.2) is 23.3 Å². The monoisotopic (exact) mass is 273 g/mol. The van der Waals surface area contributed by atoms with Crippen molar-refractivity contribution in [1.29, 1.82) is 0 Å². The average molecular weight is 273 g/mol. The maximum absolute atomic E-state index is 5.27. The SMILES string of the molecule is NC(N)=NN=C1C=CC=NC1SCc1ccccc1. The van der Waals surface area contributed by atoms with E-state index in [-0.39, 0.29) is 11.3 Å². The largest absolute Gasteiger partial charge is 0.369 e. The number of dihydropyridines is 1. The van der Waals surface area contributed by atoms with Crippen LogP contribution in [0.15, 0.2) is 57.7 Å². The van der Waals surface area contributed by atoms with Crippen molar-refractivity contribution in [2.24, 2.45) is 26.7 Å². The smallest absolute Gasteiger partial charge is 0.211 e. The van der Waals surface area contributed by atoms with Gasteiger partial charge in [0.2, 0.25) is 5.96 Å². The van der Waals surface area contributed by atoms with Crippen molar-refractivity contribution in [2.75, 3.05) is 0 Å². The van der Waals surface area contributed by atoms with Crippen LogP contribution in [0.4, 0.5) is 0 Å². The minimum atomic E-state index is -0.0756. The third-order valence-electron chi connectivity index (χ3n) is 2.36. The number of thioether (sulfide) groups is 1. The van der Waals surface area contributed by atoms with E-state index in [1.165, 1.54) is 5.56 Å². The summed E-state index contributed by atoms with van der Waals surface area (Å²) in [7, 11) is 0. The first-order chi connectivity index (χ1) is 9.25. The molecular weight excluding hydrogens is 258 g/mol. The number of nitrogens with two attached hydrogens (primary N) is 2. The average Bonchev–Trinajstić information content (AvgIpc) is 2.45. The van der Waals surface area contributed by atoms with Crippen LogP contribution in [0, 0.1) is 0 Å². The van der Waals surface area contributed by atoms with E-state index >= 15 is 0 Å². The highest BCUT2D eigenvalue weighted by atomic mass is 32.2. The highest BCUT2D eigenvalue weighted by Gasteiger charge is 2.15. The highest BCUT2D eigenvalue weighted by Crippen LogP contribution is 2.22. The Labute approximate surface area is 116 Å². The predicted octanol–water partition coefficient (Wildman–Crippen LogP) is 1.52. The van der Waals surface area contributed by atoms with Crippen LogP contribution in [0.1, 0.15) is 5.56 Å². The van der Waals surface area contributed by atoms with Crippen molar-refractivity contribution in [2.45, 2.75) is 11.1 Å². The number of hydrogen-bond donors (Lipinski definition) is 2. The van der Waals surface area contributed by atoms with Crippen molar-refractivity contribution in [3.05, 3.63) is 48.0 Å². The number of benzene rings is 1. The molecule has 2 rings (SSSR count). The summed E-state index contributed by atoms with van der Waals surface area (Å²) in [6, 6.07) is 10.2. The molecule has 4 N–H and O–H groups in total. The summed E-state index contributed by atoms with van der Waals surface area (Å²) in [6.07, 6.45) is 5.44.